The quantitative estimate of drug-likeness (QED) is 0.720. The second-order valence-electron chi connectivity index (χ2n) is 7.34. The fraction of sp³-hybridized carbons (Fsp3) is 0.400. The maximum Gasteiger partial charge on any atom is 0.277 e. The topological polar surface area (TPSA) is 69.6 Å². The third kappa shape index (κ3) is 3.40. The Bertz CT molecular complexity index is 887. The van der Waals surface area contributed by atoms with Gasteiger partial charge in [-0.1, -0.05) is 19.9 Å². The van der Waals surface area contributed by atoms with E-state index in [4.69, 9.17) is 0 Å². The molecule has 28 heavy (non-hydrogen) atoms. The van der Waals surface area contributed by atoms with Gasteiger partial charge in [-0.2, -0.15) is 0 Å². The van der Waals surface area contributed by atoms with Crippen LogP contribution in [-0.2, 0) is 9.59 Å². The molecule has 0 aliphatic carbocycles. The number of rotatable bonds is 5. The van der Waals surface area contributed by atoms with Crippen molar-refractivity contribution in [3.8, 4) is 0 Å². The van der Waals surface area contributed by atoms with Gasteiger partial charge in [0.15, 0.2) is 0 Å². The van der Waals surface area contributed by atoms with Gasteiger partial charge in [0.25, 0.3) is 11.8 Å². The van der Waals surface area contributed by atoms with Crippen LogP contribution >= 0.6 is 11.3 Å². The van der Waals surface area contributed by atoms with Crippen molar-refractivity contribution in [1.82, 2.24) is 19.8 Å². The van der Waals surface area contributed by atoms with Crippen molar-refractivity contribution in [1.29, 1.82) is 0 Å². The van der Waals surface area contributed by atoms with Crippen LogP contribution in [-0.4, -0.2) is 64.3 Å². The molecule has 1 fully saturated rings. The normalized spacial score (nSPS) is 18.0. The van der Waals surface area contributed by atoms with Crippen LogP contribution in [0.5, 0.6) is 0 Å². The molecule has 0 aromatic carbocycles. The van der Waals surface area contributed by atoms with Gasteiger partial charge in [0.05, 0.1) is 5.57 Å². The molecular formula is C20H23N5O2S. The molecule has 0 spiro atoms. The van der Waals surface area contributed by atoms with E-state index in [9.17, 15) is 9.59 Å². The molecule has 0 N–H and O–H groups in total. The zero-order valence-corrected chi connectivity index (χ0v) is 16.9. The summed E-state index contributed by atoms with van der Waals surface area (Å²) in [5.41, 5.74) is 1.09. The third-order valence-corrected chi connectivity index (χ3v) is 5.78. The Morgan fingerprint density at radius 1 is 1.00 bits per heavy atom. The van der Waals surface area contributed by atoms with Crippen molar-refractivity contribution in [3.05, 3.63) is 46.5 Å². The van der Waals surface area contributed by atoms with E-state index in [2.05, 4.69) is 19.8 Å². The highest BCUT2D eigenvalue weighted by Gasteiger charge is 2.42. The molecule has 0 bridgehead atoms. The lowest BCUT2D eigenvalue weighted by molar-refractivity contribution is -0.138. The van der Waals surface area contributed by atoms with Gasteiger partial charge in [-0.05, 0) is 23.4 Å². The largest absolute Gasteiger partial charge is 0.363 e. The fourth-order valence-electron chi connectivity index (χ4n) is 3.62. The molecule has 2 aliphatic heterocycles. The highest BCUT2D eigenvalue weighted by Crippen LogP contribution is 2.34. The minimum absolute atomic E-state index is 0.175. The minimum atomic E-state index is -0.176. The lowest BCUT2D eigenvalue weighted by Crippen LogP contribution is -2.48. The number of nitrogens with zero attached hydrogens (tertiary/aromatic N) is 5. The van der Waals surface area contributed by atoms with E-state index in [1.54, 1.807) is 18.5 Å². The van der Waals surface area contributed by atoms with Crippen LogP contribution < -0.4 is 4.90 Å². The Balaban J connectivity index is 1.60. The number of aromatic nitrogens is 2. The third-order valence-electron chi connectivity index (χ3n) is 4.89. The fourth-order valence-corrected chi connectivity index (χ4v) is 4.38. The zero-order chi connectivity index (χ0) is 19.7. The number of anilines is 1. The molecule has 1 saturated heterocycles. The van der Waals surface area contributed by atoms with Gasteiger partial charge < -0.3 is 9.80 Å². The second-order valence-corrected chi connectivity index (χ2v) is 8.29. The number of hydrogen-bond donors (Lipinski definition) is 0. The molecule has 0 saturated carbocycles. The van der Waals surface area contributed by atoms with Crippen molar-refractivity contribution in [3.63, 3.8) is 0 Å². The van der Waals surface area contributed by atoms with Gasteiger partial charge in [-0.15, -0.1) is 11.3 Å². The summed E-state index contributed by atoms with van der Waals surface area (Å²) < 4.78 is 0. The number of imide groups is 1. The average molecular weight is 398 g/mol. The first-order chi connectivity index (χ1) is 13.6. The van der Waals surface area contributed by atoms with Crippen LogP contribution in [0.4, 0.5) is 5.95 Å². The first-order valence-corrected chi connectivity index (χ1v) is 10.4. The first-order valence-electron chi connectivity index (χ1n) is 9.47. The molecule has 2 aromatic rings. The molecule has 2 aromatic heterocycles. The Hall–Kier alpha value is -2.74. The highest BCUT2D eigenvalue weighted by molar-refractivity contribution is 7.11. The van der Waals surface area contributed by atoms with E-state index < -0.39 is 0 Å². The number of piperazine rings is 1. The molecule has 0 radical (unpaired) electrons. The van der Waals surface area contributed by atoms with Gasteiger partial charge in [0.2, 0.25) is 5.95 Å². The van der Waals surface area contributed by atoms with Crippen LogP contribution in [0.25, 0.3) is 5.57 Å². The molecule has 4 rings (SSSR count). The predicted molar refractivity (Wildman–Crippen MR) is 109 cm³/mol. The Morgan fingerprint density at radius 2 is 1.68 bits per heavy atom. The zero-order valence-electron chi connectivity index (χ0n) is 16.0. The van der Waals surface area contributed by atoms with Gasteiger partial charge in [-0.3, -0.25) is 14.5 Å². The van der Waals surface area contributed by atoms with E-state index in [0.29, 0.717) is 49.9 Å². The monoisotopic (exact) mass is 397 g/mol. The molecule has 8 heteroatoms. The number of thiophene rings is 1. The molecule has 7 nitrogen and oxygen atoms in total. The maximum absolute atomic E-state index is 13.2. The van der Waals surface area contributed by atoms with Gasteiger partial charge in [0, 0.05) is 50.0 Å². The summed E-state index contributed by atoms with van der Waals surface area (Å²) in [7, 11) is 0. The molecular weight excluding hydrogens is 374 g/mol. The summed E-state index contributed by atoms with van der Waals surface area (Å²) in [5.74, 6) is 0.574. The van der Waals surface area contributed by atoms with Gasteiger partial charge >= 0.3 is 0 Å². The highest BCUT2D eigenvalue weighted by atomic mass is 32.1. The van der Waals surface area contributed by atoms with Crippen molar-refractivity contribution >= 4 is 34.7 Å². The van der Waals surface area contributed by atoms with Crippen LogP contribution in [0.1, 0.15) is 18.7 Å². The summed E-state index contributed by atoms with van der Waals surface area (Å²) in [6.07, 6.45) is 3.46. The SMILES string of the molecule is CC(C)CN1C(=O)C(c2cccs2)=C(N2CCN(c3ncccn3)CC2)C1=O. The molecule has 0 atom stereocenters. The van der Waals surface area contributed by atoms with Crippen molar-refractivity contribution in [2.24, 2.45) is 5.92 Å². The van der Waals surface area contributed by atoms with Crippen molar-refractivity contribution < 1.29 is 9.59 Å². The maximum atomic E-state index is 13.2. The Labute approximate surface area is 168 Å². The molecule has 2 aliphatic rings. The Morgan fingerprint density at radius 3 is 2.29 bits per heavy atom. The second kappa shape index (κ2) is 7.71. The Kier molecular flexibility index (Phi) is 5.13. The first kappa shape index (κ1) is 18.6. The van der Waals surface area contributed by atoms with E-state index in [0.717, 1.165) is 4.88 Å². The van der Waals surface area contributed by atoms with E-state index in [1.165, 1.54) is 16.2 Å². The van der Waals surface area contributed by atoms with Gasteiger partial charge in [0.1, 0.15) is 5.70 Å². The molecule has 4 heterocycles. The van der Waals surface area contributed by atoms with Crippen LogP contribution in [0.15, 0.2) is 41.7 Å². The summed E-state index contributed by atoms with van der Waals surface area (Å²) >= 11 is 1.50. The van der Waals surface area contributed by atoms with Crippen molar-refractivity contribution in [2.45, 2.75) is 13.8 Å². The summed E-state index contributed by atoms with van der Waals surface area (Å²) in [6, 6.07) is 5.63. The number of carbonyl (C=O) groups excluding carboxylic acids is 2. The van der Waals surface area contributed by atoms with Crippen LogP contribution in [0.2, 0.25) is 0 Å². The lowest BCUT2D eigenvalue weighted by atomic mass is 10.1. The van der Waals surface area contributed by atoms with Gasteiger partial charge in [-0.25, -0.2) is 9.97 Å². The average Bonchev–Trinajstić information content (AvgIpc) is 3.31. The summed E-state index contributed by atoms with van der Waals surface area (Å²) in [5, 5.41) is 1.94. The van der Waals surface area contributed by atoms with E-state index >= 15 is 0 Å². The minimum Gasteiger partial charge on any atom is -0.363 e. The summed E-state index contributed by atoms with van der Waals surface area (Å²) in [6.45, 7) is 7.18. The van der Waals surface area contributed by atoms with Crippen LogP contribution in [0.3, 0.4) is 0 Å². The molecule has 146 valence electrons. The van der Waals surface area contributed by atoms with E-state index in [-0.39, 0.29) is 17.7 Å². The smallest absolute Gasteiger partial charge is 0.277 e. The number of hydrogen-bond acceptors (Lipinski definition) is 7. The molecule has 0 unspecified atom stereocenters. The van der Waals surface area contributed by atoms with Crippen LogP contribution in [0, 0.1) is 5.92 Å². The molecule has 2 amide bonds. The number of carbonyl (C=O) groups is 2. The van der Waals surface area contributed by atoms with E-state index in [1.807, 2.05) is 31.4 Å². The predicted octanol–water partition coefficient (Wildman–Crippen LogP) is 2.10. The lowest BCUT2D eigenvalue weighted by Gasteiger charge is -2.36. The number of amides is 2. The summed E-state index contributed by atoms with van der Waals surface area (Å²) in [4.78, 5) is 41.3. The standard InChI is InChI=1S/C20H23N5O2S/c1-14(2)13-25-18(26)16(15-5-3-12-28-15)17(19(25)27)23-8-10-24(11-9-23)20-21-6-4-7-22-20/h3-7,12,14H,8-11,13H2,1-2H3. The van der Waals surface area contributed by atoms with Crippen molar-refractivity contribution in [2.75, 3.05) is 37.6 Å².